The van der Waals surface area contributed by atoms with Crippen molar-refractivity contribution in [2.24, 2.45) is 0 Å². The van der Waals surface area contributed by atoms with Gasteiger partial charge in [-0.25, -0.2) is 4.79 Å². The Kier molecular flexibility index (Phi) is 2.70. The summed E-state index contributed by atoms with van der Waals surface area (Å²) in [5.41, 5.74) is 3.58. The van der Waals surface area contributed by atoms with Crippen LogP contribution in [0.25, 0.3) is 0 Å². The summed E-state index contributed by atoms with van der Waals surface area (Å²) in [7, 11) is 0. The molecular formula is C9H10O2. The summed E-state index contributed by atoms with van der Waals surface area (Å²) in [6.45, 7) is 2.23. The standard InChI is InChI=1S/C9H10O2/c1-2-11-9(10)8-6-4-3-5-7-8/h4-6H,2,7H2,1H3. The van der Waals surface area contributed by atoms with E-state index in [1.807, 2.05) is 6.08 Å². The fourth-order valence-electron chi connectivity index (χ4n) is 0.829. The van der Waals surface area contributed by atoms with Gasteiger partial charge in [0.05, 0.1) is 6.61 Å². The first-order chi connectivity index (χ1) is 5.34. The van der Waals surface area contributed by atoms with Crippen LogP contribution in [0.3, 0.4) is 0 Å². The summed E-state index contributed by atoms with van der Waals surface area (Å²) < 4.78 is 4.81. The average molecular weight is 150 g/mol. The number of rotatable bonds is 2. The highest BCUT2D eigenvalue weighted by Gasteiger charge is 2.08. The molecule has 0 N–H and O–H groups in total. The second-order valence-electron chi connectivity index (χ2n) is 2.15. The molecule has 0 atom stereocenters. The van der Waals surface area contributed by atoms with Crippen LogP contribution in [0.2, 0.25) is 0 Å². The van der Waals surface area contributed by atoms with E-state index in [-0.39, 0.29) is 5.97 Å². The molecule has 58 valence electrons. The molecule has 0 radical (unpaired) electrons. The van der Waals surface area contributed by atoms with Crippen molar-refractivity contribution in [1.82, 2.24) is 0 Å². The third-order valence-corrected chi connectivity index (χ3v) is 1.36. The number of ether oxygens (including phenoxy) is 1. The molecule has 11 heavy (non-hydrogen) atoms. The normalized spacial score (nSPS) is 14.5. The number of carbonyl (C=O) groups is 1. The van der Waals surface area contributed by atoms with Gasteiger partial charge in [-0.15, -0.1) is 5.73 Å². The summed E-state index contributed by atoms with van der Waals surface area (Å²) in [5.74, 6) is -0.221. The molecule has 0 aliphatic heterocycles. The molecule has 0 unspecified atom stereocenters. The van der Waals surface area contributed by atoms with Gasteiger partial charge in [0.2, 0.25) is 0 Å². The Morgan fingerprint density at radius 3 is 3.18 bits per heavy atom. The van der Waals surface area contributed by atoms with Gasteiger partial charge in [-0.2, -0.15) is 0 Å². The van der Waals surface area contributed by atoms with E-state index in [0.29, 0.717) is 18.6 Å². The first-order valence-electron chi connectivity index (χ1n) is 3.62. The monoisotopic (exact) mass is 150 g/mol. The number of hydrogen-bond acceptors (Lipinski definition) is 2. The van der Waals surface area contributed by atoms with Gasteiger partial charge in [-0.3, -0.25) is 0 Å². The minimum Gasteiger partial charge on any atom is -0.463 e. The van der Waals surface area contributed by atoms with Crippen LogP contribution in [0.15, 0.2) is 29.5 Å². The van der Waals surface area contributed by atoms with Crippen LogP contribution in [0.1, 0.15) is 13.3 Å². The minimum atomic E-state index is -0.221. The van der Waals surface area contributed by atoms with Gasteiger partial charge in [-0.1, -0.05) is 0 Å². The summed E-state index contributed by atoms with van der Waals surface area (Å²) in [6, 6.07) is 0. The summed E-state index contributed by atoms with van der Waals surface area (Å²) in [4.78, 5) is 11.0. The molecule has 2 heteroatoms. The number of carbonyl (C=O) groups excluding carboxylic acids is 1. The van der Waals surface area contributed by atoms with Crippen molar-refractivity contribution in [3.8, 4) is 0 Å². The second kappa shape index (κ2) is 3.79. The zero-order chi connectivity index (χ0) is 8.10. The molecule has 2 nitrogen and oxygen atoms in total. The highest BCUT2D eigenvalue weighted by Crippen LogP contribution is 2.08. The summed E-state index contributed by atoms with van der Waals surface area (Å²) in [6.07, 6.45) is 5.90. The van der Waals surface area contributed by atoms with Crippen LogP contribution >= 0.6 is 0 Å². The average Bonchev–Trinajstić information content (AvgIpc) is 2.07. The van der Waals surface area contributed by atoms with E-state index < -0.39 is 0 Å². The SMILES string of the molecule is CCOC(=O)C1=CC=C=CC1. The van der Waals surface area contributed by atoms with Crippen LogP contribution in [0, 0.1) is 0 Å². The predicted octanol–water partition coefficient (Wildman–Crippen LogP) is 1.59. The fraction of sp³-hybridized carbons (Fsp3) is 0.333. The highest BCUT2D eigenvalue weighted by molar-refractivity contribution is 5.89. The number of allylic oxidation sites excluding steroid dienone is 2. The third-order valence-electron chi connectivity index (χ3n) is 1.36. The Morgan fingerprint density at radius 2 is 2.64 bits per heavy atom. The van der Waals surface area contributed by atoms with Crippen molar-refractivity contribution in [2.45, 2.75) is 13.3 Å². The predicted molar refractivity (Wildman–Crippen MR) is 42.0 cm³/mol. The van der Waals surface area contributed by atoms with Gasteiger partial charge in [-0.05, 0) is 25.2 Å². The molecule has 0 aromatic carbocycles. The maximum atomic E-state index is 11.0. The van der Waals surface area contributed by atoms with Gasteiger partial charge in [0.15, 0.2) is 0 Å². The first kappa shape index (κ1) is 7.83. The smallest absolute Gasteiger partial charge is 0.334 e. The van der Waals surface area contributed by atoms with Crippen molar-refractivity contribution < 1.29 is 9.53 Å². The minimum absolute atomic E-state index is 0.221. The molecule has 0 spiro atoms. The van der Waals surface area contributed by atoms with Crippen molar-refractivity contribution in [3.05, 3.63) is 29.5 Å². The van der Waals surface area contributed by atoms with Crippen LogP contribution in [0.5, 0.6) is 0 Å². The van der Waals surface area contributed by atoms with Crippen molar-refractivity contribution >= 4 is 5.97 Å². The molecule has 0 heterocycles. The Labute approximate surface area is 65.9 Å². The van der Waals surface area contributed by atoms with Crippen LogP contribution in [0.4, 0.5) is 0 Å². The molecule has 0 amide bonds. The van der Waals surface area contributed by atoms with E-state index in [9.17, 15) is 4.79 Å². The fourth-order valence-corrected chi connectivity index (χ4v) is 0.829. The van der Waals surface area contributed by atoms with Gasteiger partial charge < -0.3 is 4.74 Å². The van der Waals surface area contributed by atoms with E-state index in [0.717, 1.165) is 0 Å². The maximum absolute atomic E-state index is 11.0. The number of hydrogen-bond donors (Lipinski definition) is 0. The first-order valence-corrected chi connectivity index (χ1v) is 3.62. The lowest BCUT2D eigenvalue weighted by molar-refractivity contribution is -0.138. The lowest BCUT2D eigenvalue weighted by Crippen LogP contribution is -2.07. The molecule has 0 fully saturated rings. The quantitative estimate of drug-likeness (QED) is 0.441. The van der Waals surface area contributed by atoms with E-state index in [2.05, 4.69) is 5.73 Å². The van der Waals surface area contributed by atoms with E-state index in [1.54, 1.807) is 19.1 Å². The zero-order valence-electron chi connectivity index (χ0n) is 6.46. The summed E-state index contributed by atoms with van der Waals surface area (Å²) in [5, 5.41) is 0. The second-order valence-corrected chi connectivity index (χ2v) is 2.15. The number of esters is 1. The highest BCUT2D eigenvalue weighted by atomic mass is 16.5. The molecule has 1 aliphatic rings. The topological polar surface area (TPSA) is 26.3 Å². The Hall–Kier alpha value is -1.27. The molecule has 0 saturated carbocycles. The lowest BCUT2D eigenvalue weighted by Gasteiger charge is -2.03. The molecule has 0 saturated heterocycles. The lowest BCUT2D eigenvalue weighted by atomic mass is 10.1. The van der Waals surface area contributed by atoms with E-state index in [1.165, 1.54) is 0 Å². The van der Waals surface area contributed by atoms with Gasteiger partial charge >= 0.3 is 5.97 Å². The van der Waals surface area contributed by atoms with Crippen LogP contribution in [-0.2, 0) is 9.53 Å². The van der Waals surface area contributed by atoms with Gasteiger partial charge in [0.25, 0.3) is 0 Å². The van der Waals surface area contributed by atoms with Gasteiger partial charge in [0.1, 0.15) is 0 Å². The zero-order valence-corrected chi connectivity index (χ0v) is 6.46. The summed E-state index contributed by atoms with van der Waals surface area (Å²) >= 11 is 0. The van der Waals surface area contributed by atoms with Crippen molar-refractivity contribution in [3.63, 3.8) is 0 Å². The largest absolute Gasteiger partial charge is 0.463 e. The van der Waals surface area contributed by atoms with Crippen molar-refractivity contribution in [1.29, 1.82) is 0 Å². The molecule has 1 aliphatic carbocycles. The van der Waals surface area contributed by atoms with E-state index in [4.69, 9.17) is 4.74 Å². The Bertz CT molecular complexity index is 242. The Morgan fingerprint density at radius 1 is 1.82 bits per heavy atom. The van der Waals surface area contributed by atoms with Crippen molar-refractivity contribution in [2.75, 3.05) is 6.61 Å². The maximum Gasteiger partial charge on any atom is 0.334 e. The Balaban J connectivity index is 2.56. The van der Waals surface area contributed by atoms with Crippen LogP contribution in [-0.4, -0.2) is 12.6 Å². The molecule has 0 bridgehead atoms. The third kappa shape index (κ3) is 2.10. The molecule has 0 aromatic rings. The van der Waals surface area contributed by atoms with Gasteiger partial charge in [0, 0.05) is 12.0 Å². The van der Waals surface area contributed by atoms with E-state index >= 15 is 0 Å². The molecule has 0 aromatic heterocycles. The van der Waals surface area contributed by atoms with Crippen LogP contribution < -0.4 is 0 Å². The molecule has 1 rings (SSSR count). The molecular weight excluding hydrogens is 140 g/mol.